The number of benzene rings is 1. The SMILES string of the molecule is CS(C)(=O)=O.Cc1ccccc1S(=O)(=O)OCCN. The van der Waals surface area contributed by atoms with Gasteiger partial charge in [0.15, 0.2) is 0 Å². The van der Waals surface area contributed by atoms with E-state index in [0.717, 1.165) is 12.5 Å². The number of aryl methyl sites for hydroxylation is 1. The zero-order valence-electron chi connectivity index (χ0n) is 11.2. The van der Waals surface area contributed by atoms with Crippen molar-refractivity contribution in [2.24, 2.45) is 5.73 Å². The summed E-state index contributed by atoms with van der Waals surface area (Å²) in [4.78, 5) is 0.202. The summed E-state index contributed by atoms with van der Waals surface area (Å²) in [6, 6.07) is 6.67. The molecule has 2 N–H and O–H groups in total. The molecule has 1 aromatic rings. The van der Waals surface area contributed by atoms with Crippen LogP contribution in [-0.2, 0) is 24.1 Å². The molecule has 19 heavy (non-hydrogen) atoms. The Balaban J connectivity index is 0.000000555. The fourth-order valence-electron chi connectivity index (χ4n) is 1.06. The summed E-state index contributed by atoms with van der Waals surface area (Å²) in [6.07, 6.45) is 2.32. The lowest BCUT2D eigenvalue weighted by atomic mass is 10.2. The molecule has 0 amide bonds. The molecule has 0 saturated carbocycles. The van der Waals surface area contributed by atoms with Gasteiger partial charge < -0.3 is 5.73 Å². The molecule has 0 aliphatic heterocycles. The number of rotatable bonds is 4. The van der Waals surface area contributed by atoms with Crippen molar-refractivity contribution in [3.8, 4) is 0 Å². The van der Waals surface area contributed by atoms with Crippen LogP contribution in [0.15, 0.2) is 29.2 Å². The van der Waals surface area contributed by atoms with Gasteiger partial charge in [-0.2, -0.15) is 8.42 Å². The minimum absolute atomic E-state index is 0.0106. The van der Waals surface area contributed by atoms with Crippen LogP contribution in [0.1, 0.15) is 5.56 Å². The quantitative estimate of drug-likeness (QED) is 0.803. The van der Waals surface area contributed by atoms with Crippen molar-refractivity contribution in [3.63, 3.8) is 0 Å². The molecule has 1 aromatic carbocycles. The van der Waals surface area contributed by atoms with Crippen molar-refractivity contribution in [1.29, 1.82) is 0 Å². The molecule has 0 fully saturated rings. The van der Waals surface area contributed by atoms with Gasteiger partial charge >= 0.3 is 0 Å². The third-order valence-corrected chi connectivity index (χ3v) is 3.19. The van der Waals surface area contributed by atoms with Crippen LogP contribution in [0.3, 0.4) is 0 Å². The van der Waals surface area contributed by atoms with Crippen LogP contribution < -0.4 is 5.73 Å². The lowest BCUT2D eigenvalue weighted by molar-refractivity contribution is 0.327. The third kappa shape index (κ3) is 8.71. The van der Waals surface area contributed by atoms with Gasteiger partial charge in [-0.1, -0.05) is 18.2 Å². The largest absolute Gasteiger partial charge is 0.328 e. The fraction of sp³-hybridized carbons (Fsp3) is 0.455. The van der Waals surface area contributed by atoms with Crippen molar-refractivity contribution in [2.45, 2.75) is 11.8 Å². The van der Waals surface area contributed by atoms with Gasteiger partial charge in [-0.05, 0) is 18.6 Å². The highest BCUT2D eigenvalue weighted by Gasteiger charge is 2.16. The first-order valence-electron chi connectivity index (χ1n) is 5.38. The number of sulfone groups is 1. The van der Waals surface area contributed by atoms with Crippen LogP contribution in [-0.4, -0.2) is 42.5 Å². The van der Waals surface area contributed by atoms with Crippen molar-refractivity contribution < 1.29 is 21.0 Å². The van der Waals surface area contributed by atoms with Gasteiger partial charge in [-0.3, -0.25) is 4.18 Å². The maximum Gasteiger partial charge on any atom is 0.297 e. The molecule has 0 radical (unpaired) electrons. The minimum atomic E-state index is -3.63. The molecule has 6 nitrogen and oxygen atoms in total. The lowest BCUT2D eigenvalue weighted by Crippen LogP contribution is -2.14. The first kappa shape index (κ1) is 18.0. The molecular formula is C11H19NO5S2. The van der Waals surface area contributed by atoms with E-state index in [9.17, 15) is 16.8 Å². The van der Waals surface area contributed by atoms with E-state index in [4.69, 9.17) is 9.92 Å². The zero-order chi connectivity index (χ0) is 15.1. The highest BCUT2D eigenvalue weighted by atomic mass is 32.2. The molecule has 0 aliphatic rings. The van der Waals surface area contributed by atoms with Crippen LogP contribution in [0.5, 0.6) is 0 Å². The monoisotopic (exact) mass is 309 g/mol. The van der Waals surface area contributed by atoms with Crippen molar-refractivity contribution in [3.05, 3.63) is 29.8 Å². The molecule has 0 saturated heterocycles. The van der Waals surface area contributed by atoms with Gasteiger partial charge in [0.05, 0.1) is 11.5 Å². The van der Waals surface area contributed by atoms with Crippen LogP contribution in [0.25, 0.3) is 0 Å². The van der Waals surface area contributed by atoms with Gasteiger partial charge in [-0.15, -0.1) is 0 Å². The summed E-state index contributed by atoms with van der Waals surface area (Å²) in [6.45, 7) is 1.92. The third-order valence-electron chi connectivity index (χ3n) is 1.72. The van der Waals surface area contributed by atoms with E-state index < -0.39 is 20.0 Å². The first-order valence-corrected chi connectivity index (χ1v) is 9.09. The predicted molar refractivity (Wildman–Crippen MR) is 74.1 cm³/mol. The van der Waals surface area contributed by atoms with Crippen molar-refractivity contribution in [2.75, 3.05) is 25.7 Å². The van der Waals surface area contributed by atoms with Crippen molar-refractivity contribution >= 4 is 20.0 Å². The molecular weight excluding hydrogens is 290 g/mol. The summed E-state index contributed by atoms with van der Waals surface area (Å²) in [5.41, 5.74) is 5.83. The van der Waals surface area contributed by atoms with Gasteiger partial charge in [0, 0.05) is 19.1 Å². The van der Waals surface area contributed by atoms with E-state index >= 15 is 0 Å². The van der Waals surface area contributed by atoms with E-state index in [1.54, 1.807) is 25.1 Å². The number of nitrogens with two attached hydrogens (primary N) is 1. The highest BCUT2D eigenvalue weighted by Crippen LogP contribution is 2.16. The molecule has 0 bridgehead atoms. The van der Waals surface area contributed by atoms with Gasteiger partial charge in [0.1, 0.15) is 9.84 Å². The number of hydrogen-bond donors (Lipinski definition) is 1. The second-order valence-corrected chi connectivity index (χ2v) is 7.84. The van der Waals surface area contributed by atoms with Gasteiger partial charge in [0.25, 0.3) is 10.1 Å². The molecule has 0 spiro atoms. The molecule has 8 heteroatoms. The Morgan fingerprint density at radius 1 is 1.11 bits per heavy atom. The fourth-order valence-corrected chi connectivity index (χ4v) is 2.21. The lowest BCUT2D eigenvalue weighted by Gasteiger charge is -2.06. The second kappa shape index (κ2) is 7.59. The summed E-state index contributed by atoms with van der Waals surface area (Å²) in [5.74, 6) is 0. The summed E-state index contributed by atoms with van der Waals surface area (Å²) < 4.78 is 47.0. The van der Waals surface area contributed by atoms with Gasteiger partial charge in [-0.25, -0.2) is 8.42 Å². The summed E-state index contributed by atoms with van der Waals surface area (Å²) in [5, 5.41) is 0. The molecule has 110 valence electrons. The highest BCUT2D eigenvalue weighted by molar-refractivity contribution is 7.89. The van der Waals surface area contributed by atoms with Crippen LogP contribution in [0.4, 0.5) is 0 Å². The van der Waals surface area contributed by atoms with Gasteiger partial charge in [0.2, 0.25) is 0 Å². The normalized spacial score (nSPS) is 11.6. The first-order chi connectivity index (χ1) is 8.58. The molecule has 0 aliphatic carbocycles. The molecule has 0 aromatic heterocycles. The van der Waals surface area contributed by atoms with Crippen LogP contribution in [0.2, 0.25) is 0 Å². The summed E-state index contributed by atoms with van der Waals surface area (Å²) in [7, 11) is -6.30. The Morgan fingerprint density at radius 3 is 2.00 bits per heavy atom. The zero-order valence-corrected chi connectivity index (χ0v) is 12.8. The Hall–Kier alpha value is -0.960. The van der Waals surface area contributed by atoms with Crippen LogP contribution in [0, 0.1) is 6.92 Å². The molecule has 0 atom stereocenters. The smallest absolute Gasteiger partial charge is 0.297 e. The standard InChI is InChI=1S/C9H13NO3S.C2H6O2S/c1-8-4-2-3-5-9(8)14(11,12)13-7-6-10;1-5(2,3)4/h2-5H,6-7,10H2,1H3;1-2H3. The maximum atomic E-state index is 11.5. The summed E-state index contributed by atoms with van der Waals surface area (Å²) >= 11 is 0. The Kier molecular flexibility index (Phi) is 7.20. The molecule has 0 heterocycles. The number of hydrogen-bond acceptors (Lipinski definition) is 6. The Bertz CT molecular complexity index is 585. The average molecular weight is 309 g/mol. The van der Waals surface area contributed by atoms with E-state index in [1.165, 1.54) is 6.07 Å². The Labute approximate surface area is 114 Å². The second-order valence-electron chi connectivity index (χ2n) is 3.97. The Morgan fingerprint density at radius 2 is 1.58 bits per heavy atom. The van der Waals surface area contributed by atoms with Crippen molar-refractivity contribution in [1.82, 2.24) is 0 Å². The topological polar surface area (TPSA) is 104 Å². The van der Waals surface area contributed by atoms with E-state index in [2.05, 4.69) is 0 Å². The molecule has 0 unspecified atom stereocenters. The van der Waals surface area contributed by atoms with E-state index in [0.29, 0.717) is 5.56 Å². The predicted octanol–water partition coefficient (Wildman–Crippen LogP) is 0.320. The minimum Gasteiger partial charge on any atom is -0.328 e. The van der Waals surface area contributed by atoms with E-state index in [1.807, 2.05) is 0 Å². The van der Waals surface area contributed by atoms with E-state index in [-0.39, 0.29) is 18.0 Å². The van der Waals surface area contributed by atoms with Crippen LogP contribution >= 0.6 is 0 Å². The average Bonchev–Trinajstić information content (AvgIpc) is 2.24. The maximum absolute atomic E-state index is 11.5. The molecule has 1 rings (SSSR count).